The van der Waals surface area contributed by atoms with Gasteiger partial charge in [-0.05, 0) is 42.0 Å². The number of hydrogen-bond acceptors (Lipinski definition) is 6. The predicted octanol–water partition coefficient (Wildman–Crippen LogP) is 13.7. The number of fused-ring (bicyclic) bond motifs is 10. The number of benzene rings is 8. The first-order valence-electron chi connectivity index (χ1n) is 19.3. The van der Waals surface area contributed by atoms with Crippen LogP contribution in [0.5, 0.6) is 0 Å². The van der Waals surface area contributed by atoms with Crippen molar-refractivity contribution in [2.75, 3.05) is 0 Å². The van der Waals surface area contributed by atoms with E-state index in [1.807, 2.05) is 72.8 Å². The van der Waals surface area contributed by atoms with Crippen LogP contribution in [-0.2, 0) is 0 Å². The van der Waals surface area contributed by atoms with E-state index < -0.39 is 0 Å². The van der Waals surface area contributed by atoms with E-state index >= 15 is 0 Å². The maximum atomic E-state index is 6.84. The van der Waals surface area contributed by atoms with E-state index in [-0.39, 0.29) is 0 Å². The van der Waals surface area contributed by atoms with E-state index in [0.29, 0.717) is 17.5 Å². The van der Waals surface area contributed by atoms with Crippen LogP contribution in [0.3, 0.4) is 0 Å². The highest BCUT2D eigenvalue weighted by molar-refractivity contribution is 6.29. The Labute approximate surface area is 331 Å². The third-order valence-electron chi connectivity index (χ3n) is 11.1. The molecule has 6 heteroatoms. The van der Waals surface area contributed by atoms with E-state index in [0.717, 1.165) is 105 Å². The largest absolute Gasteiger partial charge is 0.456 e. The van der Waals surface area contributed by atoms with Crippen molar-refractivity contribution in [3.05, 3.63) is 182 Å². The Hall–Kier alpha value is -7.96. The summed E-state index contributed by atoms with van der Waals surface area (Å²) in [6, 6.07) is 62.0. The summed E-state index contributed by atoms with van der Waals surface area (Å²) in [4.78, 5) is 20.5. The van der Waals surface area contributed by atoms with Crippen LogP contribution >= 0.6 is 0 Å². The standard InChI is InChI=1S/C52H30N4O2/c1-3-14-31(15-4-1)48-38-28-29-44-47(46(38)36-20-7-9-25-41(36)53-48)39-23-12-22-35(49(39)58-44)33-18-11-19-34(30-33)51-54-50(32-16-5-2-6-17-32)55-52(56-51)40-24-13-27-43-45(40)37-21-8-10-26-42(37)57-43/h1-30H. The van der Waals surface area contributed by atoms with Gasteiger partial charge in [-0.2, -0.15) is 0 Å². The first-order chi connectivity index (χ1) is 28.7. The van der Waals surface area contributed by atoms with Crippen molar-refractivity contribution in [1.29, 1.82) is 0 Å². The lowest BCUT2D eigenvalue weighted by molar-refractivity contribution is 0.669. The lowest BCUT2D eigenvalue weighted by atomic mass is 9.95. The zero-order valence-corrected chi connectivity index (χ0v) is 30.9. The molecule has 4 aromatic heterocycles. The van der Waals surface area contributed by atoms with Crippen LogP contribution in [0, 0.1) is 0 Å². The van der Waals surface area contributed by atoms with E-state index in [4.69, 9.17) is 28.8 Å². The van der Waals surface area contributed by atoms with Crippen molar-refractivity contribution < 1.29 is 8.83 Å². The normalized spacial score (nSPS) is 11.8. The highest BCUT2D eigenvalue weighted by atomic mass is 16.3. The van der Waals surface area contributed by atoms with Gasteiger partial charge in [0.25, 0.3) is 0 Å². The highest BCUT2D eigenvalue weighted by Crippen LogP contribution is 2.44. The second-order valence-corrected chi connectivity index (χ2v) is 14.5. The fraction of sp³-hybridized carbons (Fsp3) is 0. The van der Waals surface area contributed by atoms with E-state index in [1.165, 1.54) is 0 Å². The fourth-order valence-corrected chi connectivity index (χ4v) is 8.50. The lowest BCUT2D eigenvalue weighted by Gasteiger charge is -2.11. The SMILES string of the molecule is c1ccc(-c2nc(-c3cccc(-c4cccc5c4oc4ccc6c(-c7ccccc7)nc7ccccc7c6c45)c3)nc(-c3cccc4oc5ccccc5c34)n2)cc1. The minimum atomic E-state index is 0.575. The molecule has 12 rings (SSSR count). The average Bonchev–Trinajstić information content (AvgIpc) is 3.88. The van der Waals surface area contributed by atoms with Crippen LogP contribution in [0.1, 0.15) is 0 Å². The summed E-state index contributed by atoms with van der Waals surface area (Å²) in [5.41, 5.74) is 10.9. The fourth-order valence-electron chi connectivity index (χ4n) is 8.50. The van der Waals surface area contributed by atoms with Crippen LogP contribution in [0.2, 0.25) is 0 Å². The first-order valence-corrected chi connectivity index (χ1v) is 19.3. The molecule has 0 saturated heterocycles. The molecular weight excluding hydrogens is 713 g/mol. The molecule has 0 bridgehead atoms. The number of furan rings is 2. The second-order valence-electron chi connectivity index (χ2n) is 14.5. The van der Waals surface area contributed by atoms with Crippen LogP contribution in [0.25, 0.3) is 122 Å². The summed E-state index contributed by atoms with van der Waals surface area (Å²) in [7, 11) is 0. The zero-order chi connectivity index (χ0) is 38.2. The molecule has 0 aliphatic rings. The van der Waals surface area contributed by atoms with Gasteiger partial charge in [-0.3, -0.25) is 0 Å². The van der Waals surface area contributed by atoms with Crippen molar-refractivity contribution in [3.63, 3.8) is 0 Å². The summed E-state index contributed by atoms with van der Waals surface area (Å²) in [6.45, 7) is 0. The number of aromatic nitrogens is 4. The Morgan fingerprint density at radius 2 is 0.914 bits per heavy atom. The molecule has 0 aliphatic carbocycles. The molecule has 270 valence electrons. The molecule has 0 spiro atoms. The summed E-state index contributed by atoms with van der Waals surface area (Å²) >= 11 is 0. The third kappa shape index (κ3) is 5.05. The minimum Gasteiger partial charge on any atom is -0.456 e. The van der Waals surface area contributed by atoms with Crippen molar-refractivity contribution in [3.8, 4) is 56.5 Å². The van der Waals surface area contributed by atoms with Crippen molar-refractivity contribution in [2.24, 2.45) is 0 Å². The van der Waals surface area contributed by atoms with E-state index in [1.54, 1.807) is 0 Å². The molecule has 6 nitrogen and oxygen atoms in total. The van der Waals surface area contributed by atoms with Crippen LogP contribution in [-0.4, -0.2) is 19.9 Å². The van der Waals surface area contributed by atoms with Crippen LogP contribution in [0.4, 0.5) is 0 Å². The maximum Gasteiger partial charge on any atom is 0.164 e. The van der Waals surface area contributed by atoms with Gasteiger partial charge in [-0.1, -0.05) is 146 Å². The Bertz CT molecular complexity index is 3570. The van der Waals surface area contributed by atoms with Gasteiger partial charge in [0, 0.05) is 65.5 Å². The Morgan fingerprint density at radius 3 is 1.78 bits per heavy atom. The molecule has 4 heterocycles. The van der Waals surface area contributed by atoms with Gasteiger partial charge in [-0.15, -0.1) is 0 Å². The zero-order valence-electron chi connectivity index (χ0n) is 30.9. The molecule has 0 atom stereocenters. The van der Waals surface area contributed by atoms with Gasteiger partial charge in [0.15, 0.2) is 17.5 Å². The maximum absolute atomic E-state index is 6.84. The van der Waals surface area contributed by atoms with Gasteiger partial charge >= 0.3 is 0 Å². The van der Waals surface area contributed by atoms with Crippen LogP contribution < -0.4 is 0 Å². The number of rotatable bonds is 5. The Balaban J connectivity index is 1.06. The molecule has 0 N–H and O–H groups in total. The van der Waals surface area contributed by atoms with E-state index in [9.17, 15) is 0 Å². The minimum absolute atomic E-state index is 0.575. The summed E-state index contributed by atoms with van der Waals surface area (Å²) in [6.07, 6.45) is 0. The van der Waals surface area contributed by atoms with Gasteiger partial charge in [-0.25, -0.2) is 19.9 Å². The molecule has 0 aliphatic heterocycles. The van der Waals surface area contributed by atoms with Crippen molar-refractivity contribution >= 4 is 65.6 Å². The molecular formula is C52H30N4O2. The highest BCUT2D eigenvalue weighted by Gasteiger charge is 2.21. The Kier molecular flexibility index (Phi) is 7.13. The monoisotopic (exact) mass is 742 g/mol. The van der Waals surface area contributed by atoms with Gasteiger partial charge in [0.1, 0.15) is 22.3 Å². The molecule has 12 aromatic rings. The summed E-state index contributed by atoms with van der Waals surface area (Å²) < 4.78 is 13.1. The molecule has 8 aromatic carbocycles. The smallest absolute Gasteiger partial charge is 0.164 e. The lowest BCUT2D eigenvalue weighted by Crippen LogP contribution is -2.00. The molecule has 0 fully saturated rings. The quantitative estimate of drug-likeness (QED) is 0.163. The van der Waals surface area contributed by atoms with Gasteiger partial charge in [0.2, 0.25) is 0 Å². The van der Waals surface area contributed by atoms with Crippen molar-refractivity contribution in [2.45, 2.75) is 0 Å². The van der Waals surface area contributed by atoms with Gasteiger partial charge < -0.3 is 8.83 Å². The number of pyridine rings is 1. The summed E-state index contributed by atoms with van der Waals surface area (Å²) in [5, 5.41) is 7.45. The second kappa shape index (κ2) is 12.8. The van der Waals surface area contributed by atoms with E-state index in [2.05, 4.69) is 109 Å². The topological polar surface area (TPSA) is 77.8 Å². The number of nitrogens with zero attached hydrogens (tertiary/aromatic N) is 4. The van der Waals surface area contributed by atoms with Crippen LogP contribution in [0.15, 0.2) is 191 Å². The third-order valence-corrected chi connectivity index (χ3v) is 11.1. The summed E-state index contributed by atoms with van der Waals surface area (Å²) in [5.74, 6) is 1.75. The molecule has 0 radical (unpaired) electrons. The number of hydrogen-bond donors (Lipinski definition) is 0. The molecule has 58 heavy (non-hydrogen) atoms. The average molecular weight is 743 g/mol. The van der Waals surface area contributed by atoms with Gasteiger partial charge in [0.05, 0.1) is 11.2 Å². The van der Waals surface area contributed by atoms with Crippen molar-refractivity contribution in [1.82, 2.24) is 19.9 Å². The molecule has 0 saturated carbocycles. The molecule has 0 unspecified atom stereocenters. The first kappa shape index (κ1) is 32.3. The predicted molar refractivity (Wildman–Crippen MR) is 234 cm³/mol. The number of para-hydroxylation sites is 3. The molecule has 0 amide bonds. The Morgan fingerprint density at radius 1 is 0.310 bits per heavy atom.